The fraction of sp³-hybridized carbons (Fsp3) is 0.167. The van der Waals surface area contributed by atoms with Crippen LogP contribution in [-0.2, 0) is 9.59 Å². The molecule has 0 radical (unpaired) electrons. The summed E-state index contributed by atoms with van der Waals surface area (Å²) in [5.74, 6) is -0.429. The van der Waals surface area contributed by atoms with Crippen molar-refractivity contribution in [3.05, 3.63) is 83.9 Å². The third-order valence-electron chi connectivity index (χ3n) is 4.85. The van der Waals surface area contributed by atoms with Crippen LogP contribution in [0.3, 0.4) is 0 Å². The van der Waals surface area contributed by atoms with Crippen molar-refractivity contribution in [2.24, 2.45) is 0 Å². The summed E-state index contributed by atoms with van der Waals surface area (Å²) in [5, 5.41) is 6.23. The Balaban J connectivity index is 1.63. The van der Waals surface area contributed by atoms with E-state index in [9.17, 15) is 9.59 Å². The largest absolute Gasteiger partial charge is 0.324 e. The molecule has 6 heteroatoms. The zero-order valence-electron chi connectivity index (χ0n) is 16.9. The number of hydrogen-bond acceptors (Lipinski definition) is 3. The molecular weight excluding hydrogens is 398 g/mol. The van der Waals surface area contributed by atoms with Crippen LogP contribution in [0, 0.1) is 0 Å². The van der Waals surface area contributed by atoms with E-state index in [1.54, 1.807) is 43.1 Å². The second-order valence-electron chi connectivity index (χ2n) is 7.02. The molecule has 0 fully saturated rings. The molecule has 0 bridgehead atoms. The normalized spacial score (nSPS) is 11.7. The standard InChI is InChI=1S/C24H24ClN3O2/c1-17(28(2)16-23(29)26-22-15-9-7-13-20(22)25)24(30)27-21-14-8-6-12-19(21)18-10-4-3-5-11-18/h3-15,17H,16H2,1-2H3,(H,26,29)(H,27,30)/t17-/m0/s1. The summed E-state index contributed by atoms with van der Waals surface area (Å²) in [7, 11) is 1.74. The topological polar surface area (TPSA) is 61.4 Å². The van der Waals surface area contributed by atoms with Crippen molar-refractivity contribution in [3.8, 4) is 11.1 Å². The van der Waals surface area contributed by atoms with Crippen LogP contribution in [0.15, 0.2) is 78.9 Å². The average molecular weight is 422 g/mol. The highest BCUT2D eigenvalue weighted by atomic mass is 35.5. The first kappa shape index (κ1) is 21.6. The first-order valence-electron chi connectivity index (χ1n) is 9.65. The molecule has 0 spiro atoms. The average Bonchev–Trinajstić information content (AvgIpc) is 2.75. The van der Waals surface area contributed by atoms with Crippen LogP contribution < -0.4 is 10.6 Å². The van der Waals surface area contributed by atoms with Crippen molar-refractivity contribution in [2.75, 3.05) is 24.2 Å². The highest BCUT2D eigenvalue weighted by Crippen LogP contribution is 2.27. The molecule has 0 saturated carbocycles. The Morgan fingerprint density at radius 3 is 2.17 bits per heavy atom. The van der Waals surface area contributed by atoms with E-state index in [1.807, 2.05) is 54.6 Å². The van der Waals surface area contributed by atoms with Crippen molar-refractivity contribution < 1.29 is 9.59 Å². The van der Waals surface area contributed by atoms with Crippen molar-refractivity contribution in [3.63, 3.8) is 0 Å². The molecule has 0 saturated heterocycles. The van der Waals surface area contributed by atoms with E-state index in [0.717, 1.165) is 16.8 Å². The maximum Gasteiger partial charge on any atom is 0.241 e. The molecule has 0 aliphatic carbocycles. The molecule has 5 nitrogen and oxygen atoms in total. The molecule has 0 aromatic heterocycles. The molecule has 154 valence electrons. The first-order chi connectivity index (χ1) is 14.5. The van der Waals surface area contributed by atoms with Crippen LogP contribution in [0.2, 0.25) is 5.02 Å². The number of nitrogens with zero attached hydrogens (tertiary/aromatic N) is 1. The van der Waals surface area contributed by atoms with Gasteiger partial charge in [0.2, 0.25) is 11.8 Å². The lowest BCUT2D eigenvalue weighted by atomic mass is 10.0. The van der Waals surface area contributed by atoms with Gasteiger partial charge in [0.15, 0.2) is 0 Å². The lowest BCUT2D eigenvalue weighted by molar-refractivity contribution is -0.122. The summed E-state index contributed by atoms with van der Waals surface area (Å²) < 4.78 is 0. The highest BCUT2D eigenvalue weighted by Gasteiger charge is 2.21. The number of benzene rings is 3. The number of para-hydroxylation sites is 2. The molecule has 3 aromatic rings. The minimum Gasteiger partial charge on any atom is -0.324 e. The SMILES string of the molecule is C[C@@H](C(=O)Nc1ccccc1-c1ccccc1)N(C)CC(=O)Nc1ccccc1Cl. The van der Waals surface area contributed by atoms with Gasteiger partial charge in [0, 0.05) is 11.3 Å². The van der Waals surface area contributed by atoms with Gasteiger partial charge in [-0.05, 0) is 37.7 Å². The predicted molar refractivity (Wildman–Crippen MR) is 123 cm³/mol. The zero-order chi connectivity index (χ0) is 21.5. The van der Waals surface area contributed by atoms with E-state index in [4.69, 9.17) is 11.6 Å². The van der Waals surface area contributed by atoms with Crippen LogP contribution in [-0.4, -0.2) is 36.3 Å². The van der Waals surface area contributed by atoms with Crippen LogP contribution in [0.25, 0.3) is 11.1 Å². The highest BCUT2D eigenvalue weighted by molar-refractivity contribution is 6.33. The molecule has 2 N–H and O–H groups in total. The maximum absolute atomic E-state index is 12.8. The smallest absolute Gasteiger partial charge is 0.241 e. The lowest BCUT2D eigenvalue weighted by Gasteiger charge is -2.24. The Hall–Kier alpha value is -3.15. The number of carbonyl (C=O) groups is 2. The van der Waals surface area contributed by atoms with Crippen LogP contribution in [0.5, 0.6) is 0 Å². The predicted octanol–water partition coefficient (Wildman–Crippen LogP) is 4.90. The van der Waals surface area contributed by atoms with E-state index in [-0.39, 0.29) is 18.4 Å². The van der Waals surface area contributed by atoms with Crippen LogP contribution >= 0.6 is 11.6 Å². The van der Waals surface area contributed by atoms with Gasteiger partial charge >= 0.3 is 0 Å². The van der Waals surface area contributed by atoms with Gasteiger partial charge in [0.25, 0.3) is 0 Å². The van der Waals surface area contributed by atoms with E-state index < -0.39 is 6.04 Å². The van der Waals surface area contributed by atoms with E-state index in [2.05, 4.69) is 10.6 Å². The van der Waals surface area contributed by atoms with Crippen LogP contribution in [0.4, 0.5) is 11.4 Å². The minimum absolute atomic E-state index is 0.0557. The van der Waals surface area contributed by atoms with Gasteiger partial charge in [-0.1, -0.05) is 72.3 Å². The summed E-state index contributed by atoms with van der Waals surface area (Å²) >= 11 is 6.08. The summed E-state index contributed by atoms with van der Waals surface area (Å²) in [6.45, 7) is 1.82. The summed E-state index contributed by atoms with van der Waals surface area (Å²) in [4.78, 5) is 26.9. The quantitative estimate of drug-likeness (QED) is 0.570. The number of rotatable bonds is 7. The molecule has 2 amide bonds. The van der Waals surface area contributed by atoms with Crippen molar-refractivity contribution in [2.45, 2.75) is 13.0 Å². The molecule has 0 heterocycles. The molecule has 30 heavy (non-hydrogen) atoms. The van der Waals surface area contributed by atoms with Crippen LogP contribution in [0.1, 0.15) is 6.92 Å². The summed E-state index contributed by atoms with van der Waals surface area (Å²) in [5.41, 5.74) is 3.24. The van der Waals surface area contributed by atoms with Gasteiger partial charge in [-0.2, -0.15) is 0 Å². The Kier molecular flexibility index (Phi) is 7.22. The van der Waals surface area contributed by atoms with Gasteiger partial charge in [-0.15, -0.1) is 0 Å². The number of carbonyl (C=O) groups excluding carboxylic acids is 2. The van der Waals surface area contributed by atoms with E-state index in [0.29, 0.717) is 10.7 Å². The van der Waals surface area contributed by atoms with Crippen molar-refractivity contribution >= 4 is 34.8 Å². The van der Waals surface area contributed by atoms with Crippen molar-refractivity contribution in [1.29, 1.82) is 0 Å². The molecule has 3 rings (SSSR count). The Morgan fingerprint density at radius 1 is 0.867 bits per heavy atom. The third kappa shape index (κ3) is 5.47. The number of anilines is 2. The van der Waals surface area contributed by atoms with E-state index in [1.165, 1.54) is 0 Å². The van der Waals surface area contributed by atoms with Gasteiger partial charge in [-0.25, -0.2) is 0 Å². The molecule has 3 aromatic carbocycles. The lowest BCUT2D eigenvalue weighted by Crippen LogP contribution is -2.43. The van der Waals surface area contributed by atoms with E-state index >= 15 is 0 Å². The monoisotopic (exact) mass is 421 g/mol. The summed E-state index contributed by atoms with van der Waals surface area (Å²) in [6.07, 6.45) is 0. The Morgan fingerprint density at radius 2 is 1.47 bits per heavy atom. The first-order valence-corrected chi connectivity index (χ1v) is 10.0. The number of hydrogen-bond donors (Lipinski definition) is 2. The Bertz CT molecular complexity index is 1020. The number of amides is 2. The Labute approximate surface area is 181 Å². The molecular formula is C24H24ClN3O2. The fourth-order valence-corrected chi connectivity index (χ4v) is 3.20. The number of nitrogens with one attached hydrogen (secondary N) is 2. The second-order valence-corrected chi connectivity index (χ2v) is 7.43. The van der Waals surface area contributed by atoms with Gasteiger partial charge in [0.05, 0.1) is 23.3 Å². The number of halogens is 1. The number of likely N-dealkylation sites (N-methyl/N-ethyl adjacent to an activating group) is 1. The zero-order valence-corrected chi connectivity index (χ0v) is 17.7. The third-order valence-corrected chi connectivity index (χ3v) is 5.18. The van der Waals surface area contributed by atoms with Gasteiger partial charge in [-0.3, -0.25) is 14.5 Å². The molecule has 0 aliphatic heterocycles. The van der Waals surface area contributed by atoms with Gasteiger partial charge < -0.3 is 10.6 Å². The molecule has 0 unspecified atom stereocenters. The van der Waals surface area contributed by atoms with Crippen molar-refractivity contribution in [1.82, 2.24) is 4.90 Å². The minimum atomic E-state index is -0.508. The molecule has 1 atom stereocenters. The fourth-order valence-electron chi connectivity index (χ4n) is 3.01. The maximum atomic E-state index is 12.8. The molecule has 0 aliphatic rings. The second kappa shape index (κ2) is 10.1. The van der Waals surface area contributed by atoms with Gasteiger partial charge in [0.1, 0.15) is 0 Å². The summed E-state index contributed by atoms with van der Waals surface area (Å²) in [6, 6.07) is 24.1.